The van der Waals surface area contributed by atoms with E-state index in [1.165, 1.54) is 0 Å². The highest BCUT2D eigenvalue weighted by Gasteiger charge is 2.22. The third kappa shape index (κ3) is 5.49. The van der Waals surface area contributed by atoms with E-state index in [0.717, 1.165) is 28.2 Å². The molecular formula is C25H25NO4. The predicted molar refractivity (Wildman–Crippen MR) is 118 cm³/mol. The van der Waals surface area contributed by atoms with Crippen LogP contribution in [0.4, 0.5) is 0 Å². The number of hydrogen-bond acceptors (Lipinski definition) is 4. The molecule has 0 radical (unpaired) electrons. The smallest absolute Gasteiger partial charge is 0.324 e. The van der Waals surface area contributed by atoms with Crippen LogP contribution in [0, 0.1) is 0 Å². The lowest BCUT2D eigenvalue weighted by Crippen LogP contribution is -2.38. The standard InChI is InChI=1S/C25H25NO4/c1-29-21-13-9-19(10-14-21)24(20-11-15-22(30-2)16-12-20)26-23(25(27)28)17-8-18-6-4-3-5-7-18/h3-17,23-24,26H,1-2H3,(H,27,28). The number of methoxy groups -OCH3 is 2. The first kappa shape index (κ1) is 21.1. The first-order chi connectivity index (χ1) is 14.6. The molecule has 0 bridgehead atoms. The van der Waals surface area contributed by atoms with Crippen molar-refractivity contribution < 1.29 is 19.4 Å². The third-order valence-electron chi connectivity index (χ3n) is 4.79. The molecule has 0 aromatic heterocycles. The van der Waals surface area contributed by atoms with Crippen LogP contribution in [0.3, 0.4) is 0 Å². The van der Waals surface area contributed by atoms with Crippen LogP contribution >= 0.6 is 0 Å². The zero-order valence-electron chi connectivity index (χ0n) is 17.0. The second kappa shape index (κ2) is 10.3. The van der Waals surface area contributed by atoms with E-state index >= 15 is 0 Å². The fourth-order valence-corrected chi connectivity index (χ4v) is 3.14. The Bertz CT molecular complexity index is 919. The van der Waals surface area contributed by atoms with Gasteiger partial charge in [0.2, 0.25) is 0 Å². The molecule has 0 saturated heterocycles. The summed E-state index contributed by atoms with van der Waals surface area (Å²) in [6.07, 6.45) is 3.47. The molecule has 0 aliphatic carbocycles. The van der Waals surface area contributed by atoms with Crippen molar-refractivity contribution in [2.75, 3.05) is 14.2 Å². The summed E-state index contributed by atoms with van der Waals surface area (Å²) >= 11 is 0. The molecular weight excluding hydrogens is 378 g/mol. The SMILES string of the molecule is COc1ccc(C(NC(C=Cc2ccccc2)C(=O)O)c2ccc(OC)cc2)cc1. The van der Waals surface area contributed by atoms with Gasteiger partial charge in [-0.25, -0.2) is 0 Å². The Kier molecular flexibility index (Phi) is 7.24. The van der Waals surface area contributed by atoms with Crippen LogP contribution in [0.5, 0.6) is 11.5 Å². The lowest BCUT2D eigenvalue weighted by atomic mass is 9.97. The van der Waals surface area contributed by atoms with E-state index in [9.17, 15) is 9.90 Å². The van der Waals surface area contributed by atoms with Gasteiger partial charge in [-0.15, -0.1) is 0 Å². The Morgan fingerprint density at radius 1 is 0.833 bits per heavy atom. The number of carbonyl (C=O) groups is 1. The molecule has 0 aliphatic rings. The number of ether oxygens (including phenoxy) is 2. The van der Waals surface area contributed by atoms with Gasteiger partial charge in [-0.1, -0.05) is 66.7 Å². The molecule has 3 rings (SSSR count). The van der Waals surface area contributed by atoms with Gasteiger partial charge in [0.05, 0.1) is 20.3 Å². The van der Waals surface area contributed by atoms with Gasteiger partial charge >= 0.3 is 5.97 Å². The van der Waals surface area contributed by atoms with Crippen molar-refractivity contribution in [2.24, 2.45) is 0 Å². The van der Waals surface area contributed by atoms with Crippen molar-refractivity contribution >= 4 is 12.0 Å². The summed E-state index contributed by atoms with van der Waals surface area (Å²) in [5.41, 5.74) is 2.80. The molecule has 0 spiro atoms. The minimum atomic E-state index is -0.950. The van der Waals surface area contributed by atoms with Gasteiger partial charge in [-0.05, 0) is 41.0 Å². The van der Waals surface area contributed by atoms with Crippen LogP contribution in [0.25, 0.3) is 6.08 Å². The number of carboxylic acid groups (broad SMARTS) is 1. The molecule has 3 aromatic rings. The van der Waals surface area contributed by atoms with Crippen molar-refractivity contribution in [2.45, 2.75) is 12.1 Å². The molecule has 0 aliphatic heterocycles. The Labute approximate surface area is 176 Å². The first-order valence-electron chi connectivity index (χ1n) is 9.60. The van der Waals surface area contributed by atoms with Gasteiger partial charge in [0.1, 0.15) is 17.5 Å². The quantitative estimate of drug-likeness (QED) is 0.549. The summed E-state index contributed by atoms with van der Waals surface area (Å²) in [6, 6.07) is 23.6. The van der Waals surface area contributed by atoms with Gasteiger partial charge in [0.25, 0.3) is 0 Å². The maximum Gasteiger partial charge on any atom is 0.324 e. The van der Waals surface area contributed by atoms with Gasteiger partial charge < -0.3 is 14.6 Å². The summed E-state index contributed by atoms with van der Waals surface area (Å²) in [5.74, 6) is 0.534. The van der Waals surface area contributed by atoms with E-state index < -0.39 is 12.0 Å². The highest BCUT2D eigenvalue weighted by atomic mass is 16.5. The van der Waals surface area contributed by atoms with Crippen molar-refractivity contribution in [3.63, 3.8) is 0 Å². The van der Waals surface area contributed by atoms with E-state index in [0.29, 0.717) is 0 Å². The van der Waals surface area contributed by atoms with Crippen molar-refractivity contribution in [1.82, 2.24) is 5.32 Å². The second-order valence-corrected chi connectivity index (χ2v) is 6.73. The lowest BCUT2D eigenvalue weighted by Gasteiger charge is -2.23. The molecule has 1 atom stereocenters. The number of benzene rings is 3. The lowest BCUT2D eigenvalue weighted by molar-refractivity contribution is -0.138. The Morgan fingerprint density at radius 3 is 1.77 bits per heavy atom. The molecule has 0 fully saturated rings. The van der Waals surface area contributed by atoms with E-state index in [1.54, 1.807) is 20.3 Å². The Balaban J connectivity index is 1.92. The minimum absolute atomic E-state index is 0.330. The largest absolute Gasteiger partial charge is 0.497 e. The molecule has 30 heavy (non-hydrogen) atoms. The van der Waals surface area contributed by atoms with Gasteiger partial charge in [0.15, 0.2) is 0 Å². The van der Waals surface area contributed by atoms with Crippen LogP contribution in [0.2, 0.25) is 0 Å². The summed E-state index contributed by atoms with van der Waals surface area (Å²) in [6.45, 7) is 0. The van der Waals surface area contributed by atoms with Crippen LogP contribution in [0.15, 0.2) is 84.9 Å². The normalized spacial score (nSPS) is 12.1. The number of hydrogen-bond donors (Lipinski definition) is 2. The topological polar surface area (TPSA) is 67.8 Å². The average molecular weight is 403 g/mol. The van der Waals surface area contributed by atoms with Crippen molar-refractivity contribution in [1.29, 1.82) is 0 Å². The van der Waals surface area contributed by atoms with Gasteiger partial charge in [-0.2, -0.15) is 0 Å². The molecule has 3 aromatic carbocycles. The van der Waals surface area contributed by atoms with E-state index in [4.69, 9.17) is 9.47 Å². The van der Waals surface area contributed by atoms with Crippen LogP contribution in [0.1, 0.15) is 22.7 Å². The zero-order valence-corrected chi connectivity index (χ0v) is 17.0. The van der Waals surface area contributed by atoms with E-state index in [2.05, 4.69) is 5.32 Å². The molecule has 154 valence electrons. The first-order valence-corrected chi connectivity index (χ1v) is 9.60. The summed E-state index contributed by atoms with van der Waals surface area (Å²) in [7, 11) is 3.23. The van der Waals surface area contributed by atoms with Gasteiger partial charge in [0, 0.05) is 0 Å². The average Bonchev–Trinajstić information content (AvgIpc) is 2.80. The molecule has 1 unspecified atom stereocenters. The molecule has 2 N–H and O–H groups in total. The number of carboxylic acids is 1. The predicted octanol–water partition coefficient (Wildman–Crippen LogP) is 4.55. The minimum Gasteiger partial charge on any atom is -0.497 e. The zero-order chi connectivity index (χ0) is 21.3. The maximum absolute atomic E-state index is 12.0. The molecule has 5 nitrogen and oxygen atoms in total. The summed E-state index contributed by atoms with van der Waals surface area (Å²) in [5, 5.41) is 13.1. The molecule has 0 heterocycles. The van der Waals surface area contributed by atoms with E-state index in [1.807, 2.05) is 84.9 Å². The number of nitrogens with one attached hydrogen (secondary N) is 1. The van der Waals surface area contributed by atoms with Crippen molar-refractivity contribution in [3.8, 4) is 11.5 Å². The molecule has 5 heteroatoms. The van der Waals surface area contributed by atoms with Crippen LogP contribution in [-0.4, -0.2) is 31.3 Å². The summed E-state index contributed by atoms with van der Waals surface area (Å²) in [4.78, 5) is 12.0. The van der Waals surface area contributed by atoms with Gasteiger partial charge in [-0.3, -0.25) is 10.1 Å². The highest BCUT2D eigenvalue weighted by molar-refractivity contribution is 5.77. The van der Waals surface area contributed by atoms with E-state index in [-0.39, 0.29) is 6.04 Å². The Hall–Kier alpha value is -3.57. The number of aliphatic carboxylic acids is 1. The fraction of sp³-hybridized carbons (Fsp3) is 0.160. The summed E-state index contributed by atoms with van der Waals surface area (Å²) < 4.78 is 10.5. The Morgan fingerprint density at radius 2 is 1.33 bits per heavy atom. The monoisotopic (exact) mass is 403 g/mol. The fourth-order valence-electron chi connectivity index (χ4n) is 3.14. The highest BCUT2D eigenvalue weighted by Crippen LogP contribution is 2.26. The number of rotatable bonds is 9. The maximum atomic E-state index is 12.0. The second-order valence-electron chi connectivity index (χ2n) is 6.73. The van der Waals surface area contributed by atoms with Crippen molar-refractivity contribution in [3.05, 3.63) is 102 Å². The molecule has 0 amide bonds. The third-order valence-corrected chi connectivity index (χ3v) is 4.79. The molecule has 0 saturated carbocycles. The van der Waals surface area contributed by atoms with Crippen LogP contribution in [-0.2, 0) is 4.79 Å². The van der Waals surface area contributed by atoms with Crippen LogP contribution < -0.4 is 14.8 Å².